The van der Waals surface area contributed by atoms with Gasteiger partial charge >= 0.3 is 5.76 Å². The predicted molar refractivity (Wildman–Crippen MR) is 84.0 cm³/mol. The second kappa shape index (κ2) is 5.49. The average molecular weight is 352 g/mol. The van der Waals surface area contributed by atoms with Crippen molar-refractivity contribution >= 4 is 38.5 Å². The normalized spacial score (nSPS) is 11.7. The molecule has 0 fully saturated rings. The molecule has 126 valence electrons. The van der Waals surface area contributed by atoms with Crippen molar-refractivity contribution < 1.29 is 17.6 Å². The fraction of sp³-hybridized carbons (Fsp3) is 0.167. The summed E-state index contributed by atoms with van der Waals surface area (Å²) in [5, 5.41) is 7.56. The van der Waals surface area contributed by atoms with Gasteiger partial charge in [0.25, 0.3) is 5.91 Å². The molecule has 0 amide bonds. The second-order valence-corrected chi connectivity index (χ2v) is 6.68. The van der Waals surface area contributed by atoms with Gasteiger partial charge in [0.15, 0.2) is 11.4 Å². The van der Waals surface area contributed by atoms with E-state index in [9.17, 15) is 18.0 Å². The van der Waals surface area contributed by atoms with Crippen LogP contribution >= 0.6 is 0 Å². The molecule has 3 aromatic rings. The molecule has 12 heteroatoms. The molecule has 24 heavy (non-hydrogen) atoms. The van der Waals surface area contributed by atoms with Crippen LogP contribution in [0.5, 0.6) is 0 Å². The van der Waals surface area contributed by atoms with Gasteiger partial charge in [0.2, 0.25) is 10.0 Å². The first-order chi connectivity index (χ1) is 11.2. The summed E-state index contributed by atoms with van der Waals surface area (Å²) < 4.78 is 30.2. The number of nitrogen functional groups attached to an aromatic ring is 1. The van der Waals surface area contributed by atoms with Crippen molar-refractivity contribution in [3.8, 4) is 0 Å². The number of rotatable bonds is 4. The smallest absolute Gasteiger partial charge is 0.405 e. The molecule has 2 aromatic heterocycles. The SMILES string of the molecule is CS(=O)(=O)Nc1cnn(CC(=O)n2c(=O)oc3c(N)cccc32)n1. The number of nitrogens with two attached hydrogens (primary N) is 1. The summed E-state index contributed by atoms with van der Waals surface area (Å²) in [5.41, 5.74) is 6.27. The zero-order valence-electron chi connectivity index (χ0n) is 12.3. The maximum Gasteiger partial charge on any atom is 0.427 e. The highest BCUT2D eigenvalue weighted by Crippen LogP contribution is 2.19. The third kappa shape index (κ3) is 2.99. The highest BCUT2D eigenvalue weighted by Gasteiger charge is 2.18. The number of hydrogen-bond acceptors (Lipinski definition) is 8. The molecule has 0 aliphatic rings. The summed E-state index contributed by atoms with van der Waals surface area (Å²) in [6, 6.07) is 4.64. The molecule has 0 saturated heterocycles. The van der Waals surface area contributed by atoms with Crippen LogP contribution in [0, 0.1) is 0 Å². The van der Waals surface area contributed by atoms with Gasteiger partial charge in [0, 0.05) is 0 Å². The Morgan fingerprint density at radius 3 is 2.88 bits per heavy atom. The van der Waals surface area contributed by atoms with Crippen molar-refractivity contribution in [2.75, 3.05) is 16.7 Å². The zero-order valence-corrected chi connectivity index (χ0v) is 13.1. The summed E-state index contributed by atoms with van der Waals surface area (Å²) in [7, 11) is -3.51. The van der Waals surface area contributed by atoms with Crippen molar-refractivity contribution in [2.45, 2.75) is 6.54 Å². The number of hydrogen-bond donors (Lipinski definition) is 2. The molecule has 0 radical (unpaired) electrons. The molecule has 0 aliphatic carbocycles. The molecule has 3 N–H and O–H groups in total. The van der Waals surface area contributed by atoms with E-state index >= 15 is 0 Å². The Morgan fingerprint density at radius 1 is 1.42 bits per heavy atom. The number of benzene rings is 1. The van der Waals surface area contributed by atoms with Crippen molar-refractivity contribution in [3.63, 3.8) is 0 Å². The number of anilines is 2. The highest BCUT2D eigenvalue weighted by atomic mass is 32.2. The molecule has 0 aliphatic heterocycles. The van der Waals surface area contributed by atoms with Crippen molar-refractivity contribution in [3.05, 3.63) is 34.9 Å². The highest BCUT2D eigenvalue weighted by molar-refractivity contribution is 7.92. The predicted octanol–water partition coefficient (Wildman–Crippen LogP) is -0.520. The first kappa shape index (κ1) is 15.7. The molecular formula is C12H12N6O5S. The summed E-state index contributed by atoms with van der Waals surface area (Å²) in [4.78, 5) is 25.2. The van der Waals surface area contributed by atoms with Gasteiger partial charge in [-0.05, 0) is 12.1 Å². The molecule has 0 unspecified atom stereocenters. The van der Waals surface area contributed by atoms with Gasteiger partial charge in [-0.3, -0.25) is 9.52 Å². The number of sulfonamides is 1. The number of oxazole rings is 1. The topological polar surface area (TPSA) is 155 Å². The molecule has 0 saturated carbocycles. The van der Waals surface area contributed by atoms with E-state index in [2.05, 4.69) is 14.9 Å². The Hall–Kier alpha value is -3.15. The van der Waals surface area contributed by atoms with Crippen LogP contribution in [0.25, 0.3) is 11.1 Å². The first-order valence-electron chi connectivity index (χ1n) is 6.56. The number of carbonyl (C=O) groups excluding carboxylic acids is 1. The van der Waals surface area contributed by atoms with Gasteiger partial charge in [-0.15, -0.1) is 5.10 Å². The third-order valence-corrected chi connectivity index (χ3v) is 3.57. The number of carbonyl (C=O) groups is 1. The summed E-state index contributed by atoms with van der Waals surface area (Å²) in [5.74, 6) is -1.58. The van der Waals surface area contributed by atoms with Crippen molar-refractivity contribution in [2.24, 2.45) is 0 Å². The van der Waals surface area contributed by atoms with Crippen LogP contribution in [-0.2, 0) is 16.6 Å². The lowest BCUT2D eigenvalue weighted by molar-refractivity contribution is 0.0877. The zero-order chi connectivity index (χ0) is 17.5. The van der Waals surface area contributed by atoms with Crippen LogP contribution in [0.4, 0.5) is 11.5 Å². The van der Waals surface area contributed by atoms with Gasteiger partial charge in [0.05, 0.1) is 18.1 Å². The monoisotopic (exact) mass is 352 g/mol. The van der Waals surface area contributed by atoms with Gasteiger partial charge < -0.3 is 10.2 Å². The maximum absolute atomic E-state index is 12.3. The van der Waals surface area contributed by atoms with Crippen LogP contribution in [-0.4, -0.2) is 40.1 Å². The standard InChI is InChI=1S/C12H12N6O5S/c1-24(21,22)16-9-5-14-17(15-9)6-10(19)18-8-4-2-3-7(13)11(8)23-12(18)20/h2-5H,6,13H2,1H3,(H,15,16). The molecule has 0 bridgehead atoms. The van der Waals surface area contributed by atoms with E-state index in [-0.39, 0.29) is 22.6 Å². The van der Waals surface area contributed by atoms with E-state index in [1.54, 1.807) is 6.07 Å². The lowest BCUT2D eigenvalue weighted by atomic mass is 10.3. The van der Waals surface area contributed by atoms with Crippen LogP contribution in [0.15, 0.2) is 33.6 Å². The van der Waals surface area contributed by atoms with E-state index in [0.29, 0.717) is 0 Å². The van der Waals surface area contributed by atoms with Gasteiger partial charge in [-0.1, -0.05) is 6.07 Å². The summed E-state index contributed by atoms with van der Waals surface area (Å²) in [6.07, 6.45) is 2.10. The van der Waals surface area contributed by atoms with E-state index in [4.69, 9.17) is 10.2 Å². The van der Waals surface area contributed by atoms with Crippen LogP contribution < -0.4 is 16.2 Å². The Labute approximate surface area is 134 Å². The number of fused-ring (bicyclic) bond motifs is 1. The quantitative estimate of drug-likeness (QED) is 0.594. The van der Waals surface area contributed by atoms with Crippen LogP contribution in [0.1, 0.15) is 4.79 Å². The fourth-order valence-corrected chi connectivity index (χ4v) is 2.57. The summed E-state index contributed by atoms with van der Waals surface area (Å²) in [6.45, 7) is -0.394. The molecule has 2 heterocycles. The second-order valence-electron chi connectivity index (χ2n) is 4.93. The van der Waals surface area contributed by atoms with E-state index in [0.717, 1.165) is 21.8 Å². The molecule has 11 nitrogen and oxygen atoms in total. The largest absolute Gasteiger partial charge is 0.427 e. The van der Waals surface area contributed by atoms with E-state index < -0.39 is 28.2 Å². The molecular weight excluding hydrogens is 340 g/mol. The minimum atomic E-state index is -3.51. The van der Waals surface area contributed by atoms with Gasteiger partial charge in [-0.2, -0.15) is 9.90 Å². The van der Waals surface area contributed by atoms with Gasteiger partial charge in [-0.25, -0.2) is 17.8 Å². The van der Waals surface area contributed by atoms with Crippen molar-refractivity contribution in [1.29, 1.82) is 0 Å². The van der Waals surface area contributed by atoms with Crippen molar-refractivity contribution in [1.82, 2.24) is 19.6 Å². The molecule has 1 aromatic carbocycles. The Balaban J connectivity index is 1.90. The maximum atomic E-state index is 12.3. The number of nitrogens with zero attached hydrogens (tertiary/aromatic N) is 4. The minimum Gasteiger partial charge on any atom is -0.405 e. The summed E-state index contributed by atoms with van der Waals surface area (Å²) >= 11 is 0. The third-order valence-electron chi connectivity index (χ3n) is 2.99. The number of aromatic nitrogens is 4. The number of nitrogens with one attached hydrogen (secondary N) is 1. The van der Waals surface area contributed by atoms with Gasteiger partial charge in [0.1, 0.15) is 12.1 Å². The lowest BCUT2D eigenvalue weighted by Gasteiger charge is -2.01. The van der Waals surface area contributed by atoms with E-state index in [1.165, 1.54) is 12.1 Å². The molecule has 0 atom stereocenters. The minimum absolute atomic E-state index is 0.0426. The Morgan fingerprint density at radius 2 is 2.17 bits per heavy atom. The average Bonchev–Trinajstić information content (AvgIpc) is 3.01. The Bertz CT molecular complexity index is 1090. The van der Waals surface area contributed by atoms with Crippen LogP contribution in [0.3, 0.4) is 0 Å². The molecule has 3 rings (SSSR count). The Kier molecular flexibility index (Phi) is 3.60. The molecule has 0 spiro atoms. The van der Waals surface area contributed by atoms with Crippen LogP contribution in [0.2, 0.25) is 0 Å². The fourth-order valence-electron chi connectivity index (χ4n) is 2.10. The number of para-hydroxylation sites is 1. The lowest BCUT2D eigenvalue weighted by Crippen LogP contribution is -2.27. The first-order valence-corrected chi connectivity index (χ1v) is 8.45. The van der Waals surface area contributed by atoms with E-state index in [1.807, 2.05) is 0 Å².